The van der Waals surface area contributed by atoms with Gasteiger partial charge in [0.15, 0.2) is 0 Å². The molecule has 0 fully saturated rings. The Balaban J connectivity index is 2.45. The van der Waals surface area contributed by atoms with Gasteiger partial charge in [-0.2, -0.15) is 0 Å². The van der Waals surface area contributed by atoms with Gasteiger partial charge in [0.1, 0.15) is 5.01 Å². The minimum Gasteiger partial charge on any atom is -0.348 e. The Morgan fingerprint density at radius 1 is 1.17 bits per heavy atom. The quantitative estimate of drug-likeness (QED) is 0.765. The number of carbonyl (C=O) groups excluding carboxylic acids is 1. The van der Waals surface area contributed by atoms with E-state index >= 15 is 0 Å². The molecule has 0 aliphatic carbocycles. The first-order chi connectivity index (χ1) is 11.2. The van der Waals surface area contributed by atoms with Crippen LogP contribution in [0.4, 0.5) is 0 Å². The van der Waals surface area contributed by atoms with Crippen molar-refractivity contribution >= 4 is 17.2 Å². The summed E-state index contributed by atoms with van der Waals surface area (Å²) in [6.07, 6.45) is 0.375. The molecule has 0 atom stereocenters. The van der Waals surface area contributed by atoms with Crippen LogP contribution in [0.1, 0.15) is 60.5 Å². The van der Waals surface area contributed by atoms with E-state index < -0.39 is 0 Å². The van der Waals surface area contributed by atoms with Crippen LogP contribution in [0.15, 0.2) is 18.2 Å². The van der Waals surface area contributed by atoms with Crippen LogP contribution in [0, 0.1) is 6.92 Å². The number of amides is 1. The van der Waals surface area contributed by atoms with Gasteiger partial charge in [0.05, 0.1) is 12.1 Å². The highest BCUT2D eigenvalue weighted by molar-refractivity contribution is 7.12. The maximum absolute atomic E-state index is 12.0. The number of carbonyl (C=O) groups is 1. The monoisotopic (exact) mass is 344 g/mol. The molecular weight excluding hydrogens is 316 g/mol. The number of benzene rings is 1. The van der Waals surface area contributed by atoms with Crippen LogP contribution in [-0.2, 0) is 11.2 Å². The molecule has 4 heteroatoms. The third-order valence-electron chi connectivity index (χ3n) is 4.26. The standard InChI is InChI=1S/C20H28N2OS/c1-12(2)15-8-9-16(17(10-15)13(3)4)20-14(5)24-18(21-20)11-19(23)22(6)7/h8-10,12-13H,11H2,1-7H3. The van der Waals surface area contributed by atoms with Gasteiger partial charge in [-0.25, -0.2) is 4.98 Å². The fourth-order valence-electron chi connectivity index (χ4n) is 2.70. The van der Waals surface area contributed by atoms with E-state index in [0.29, 0.717) is 18.3 Å². The van der Waals surface area contributed by atoms with Crippen molar-refractivity contribution < 1.29 is 4.79 Å². The molecule has 1 amide bonds. The van der Waals surface area contributed by atoms with Crippen LogP contribution >= 0.6 is 11.3 Å². The Morgan fingerprint density at radius 2 is 1.83 bits per heavy atom. The Bertz CT molecular complexity index is 729. The lowest BCUT2D eigenvalue weighted by Gasteiger charge is -2.16. The minimum absolute atomic E-state index is 0.0922. The molecule has 2 rings (SSSR count). The van der Waals surface area contributed by atoms with Crippen LogP contribution in [0.25, 0.3) is 11.3 Å². The van der Waals surface area contributed by atoms with Crippen LogP contribution in [-0.4, -0.2) is 29.9 Å². The van der Waals surface area contributed by atoms with E-state index in [1.54, 1.807) is 30.3 Å². The summed E-state index contributed by atoms with van der Waals surface area (Å²) in [7, 11) is 3.57. The van der Waals surface area contributed by atoms with Gasteiger partial charge >= 0.3 is 0 Å². The second-order valence-electron chi connectivity index (χ2n) is 7.13. The maximum Gasteiger partial charge on any atom is 0.228 e. The zero-order chi connectivity index (χ0) is 18.0. The first kappa shape index (κ1) is 18.7. The molecular formula is C20H28N2OS. The van der Waals surface area contributed by atoms with Crippen LogP contribution in [0.2, 0.25) is 0 Å². The maximum atomic E-state index is 12.0. The Morgan fingerprint density at radius 3 is 2.38 bits per heavy atom. The number of thiazole rings is 1. The van der Waals surface area contributed by atoms with Crippen molar-refractivity contribution in [3.8, 4) is 11.3 Å². The molecule has 1 aromatic carbocycles. The second kappa shape index (κ2) is 7.47. The van der Waals surface area contributed by atoms with Crippen molar-refractivity contribution in [3.63, 3.8) is 0 Å². The van der Waals surface area contributed by atoms with Gasteiger partial charge in [0.2, 0.25) is 5.91 Å². The molecule has 130 valence electrons. The summed E-state index contributed by atoms with van der Waals surface area (Å²) < 4.78 is 0. The molecule has 0 N–H and O–H groups in total. The normalized spacial score (nSPS) is 11.4. The number of rotatable bonds is 5. The van der Waals surface area contributed by atoms with E-state index in [0.717, 1.165) is 10.7 Å². The lowest BCUT2D eigenvalue weighted by molar-refractivity contribution is -0.127. The molecule has 0 aliphatic rings. The van der Waals surface area contributed by atoms with Crippen molar-refractivity contribution in [3.05, 3.63) is 39.2 Å². The van der Waals surface area contributed by atoms with Crippen molar-refractivity contribution in [2.24, 2.45) is 0 Å². The fraction of sp³-hybridized carbons (Fsp3) is 0.500. The highest BCUT2D eigenvalue weighted by atomic mass is 32.1. The van der Waals surface area contributed by atoms with E-state index in [4.69, 9.17) is 4.98 Å². The van der Waals surface area contributed by atoms with Crippen molar-refractivity contribution in [2.45, 2.75) is 52.9 Å². The van der Waals surface area contributed by atoms with Crippen LogP contribution in [0.5, 0.6) is 0 Å². The molecule has 1 heterocycles. The van der Waals surface area contributed by atoms with E-state index in [9.17, 15) is 4.79 Å². The molecule has 0 unspecified atom stereocenters. The molecule has 0 saturated heterocycles. The minimum atomic E-state index is 0.0922. The number of hydrogen-bond donors (Lipinski definition) is 0. The summed E-state index contributed by atoms with van der Waals surface area (Å²) in [5.74, 6) is 1.04. The van der Waals surface area contributed by atoms with Crippen LogP contribution in [0.3, 0.4) is 0 Å². The molecule has 1 aromatic heterocycles. The van der Waals surface area contributed by atoms with Gasteiger partial charge in [-0.15, -0.1) is 11.3 Å². The van der Waals surface area contributed by atoms with Gasteiger partial charge < -0.3 is 4.90 Å². The number of likely N-dealkylation sites (N-methyl/N-ethyl adjacent to an activating group) is 1. The first-order valence-electron chi connectivity index (χ1n) is 8.51. The van der Waals surface area contributed by atoms with Gasteiger partial charge in [-0.3, -0.25) is 4.79 Å². The lowest BCUT2D eigenvalue weighted by Crippen LogP contribution is -2.23. The Kier molecular flexibility index (Phi) is 5.81. The summed E-state index contributed by atoms with van der Waals surface area (Å²) in [4.78, 5) is 19.5. The van der Waals surface area contributed by atoms with Crippen molar-refractivity contribution in [2.75, 3.05) is 14.1 Å². The molecule has 0 saturated carbocycles. The molecule has 3 nitrogen and oxygen atoms in total. The third-order valence-corrected chi connectivity index (χ3v) is 5.23. The first-order valence-corrected chi connectivity index (χ1v) is 9.33. The zero-order valence-corrected chi connectivity index (χ0v) is 16.6. The van der Waals surface area contributed by atoms with Gasteiger partial charge in [-0.05, 0) is 29.9 Å². The van der Waals surface area contributed by atoms with Crippen molar-refractivity contribution in [1.29, 1.82) is 0 Å². The summed E-state index contributed by atoms with van der Waals surface area (Å²) in [5.41, 5.74) is 4.92. The molecule has 2 aromatic rings. The summed E-state index contributed by atoms with van der Waals surface area (Å²) in [5, 5.41) is 0.892. The average Bonchev–Trinajstić information content (AvgIpc) is 2.86. The third kappa shape index (κ3) is 4.04. The molecule has 0 bridgehead atoms. The highest BCUT2D eigenvalue weighted by Crippen LogP contribution is 2.35. The lowest BCUT2D eigenvalue weighted by atomic mass is 9.90. The van der Waals surface area contributed by atoms with Crippen molar-refractivity contribution in [1.82, 2.24) is 9.88 Å². The Labute approximate surface area is 149 Å². The number of hydrogen-bond acceptors (Lipinski definition) is 3. The zero-order valence-electron chi connectivity index (χ0n) is 15.8. The summed E-state index contributed by atoms with van der Waals surface area (Å²) in [6, 6.07) is 6.72. The summed E-state index contributed by atoms with van der Waals surface area (Å²) >= 11 is 1.63. The molecule has 0 spiro atoms. The largest absolute Gasteiger partial charge is 0.348 e. The molecule has 0 radical (unpaired) electrons. The topological polar surface area (TPSA) is 33.2 Å². The highest BCUT2D eigenvalue weighted by Gasteiger charge is 2.18. The fourth-order valence-corrected chi connectivity index (χ4v) is 3.64. The number of aromatic nitrogens is 1. The number of nitrogens with zero attached hydrogens (tertiary/aromatic N) is 2. The van der Waals surface area contributed by atoms with Gasteiger partial charge in [0.25, 0.3) is 0 Å². The Hall–Kier alpha value is -1.68. The second-order valence-corrected chi connectivity index (χ2v) is 8.42. The average molecular weight is 345 g/mol. The van der Waals surface area contributed by atoms with E-state index in [1.807, 2.05) is 0 Å². The summed E-state index contributed by atoms with van der Waals surface area (Å²) in [6.45, 7) is 11.0. The van der Waals surface area contributed by atoms with Crippen LogP contribution < -0.4 is 0 Å². The number of aryl methyl sites for hydroxylation is 1. The SMILES string of the molecule is Cc1sc(CC(=O)N(C)C)nc1-c1ccc(C(C)C)cc1C(C)C. The van der Waals surface area contributed by atoms with Gasteiger partial charge in [-0.1, -0.05) is 45.9 Å². The van der Waals surface area contributed by atoms with Gasteiger partial charge in [0, 0.05) is 24.5 Å². The van der Waals surface area contributed by atoms with E-state index in [2.05, 4.69) is 52.8 Å². The predicted molar refractivity (Wildman–Crippen MR) is 103 cm³/mol. The molecule has 0 aliphatic heterocycles. The molecule has 24 heavy (non-hydrogen) atoms. The predicted octanol–water partition coefficient (Wildman–Crippen LogP) is 5.00. The smallest absolute Gasteiger partial charge is 0.228 e. The van der Waals surface area contributed by atoms with E-state index in [-0.39, 0.29) is 5.91 Å². The van der Waals surface area contributed by atoms with E-state index in [1.165, 1.54) is 21.6 Å².